The number of nitriles is 1. The Kier molecular flexibility index (Phi) is 6.91. The van der Waals surface area contributed by atoms with Gasteiger partial charge in [-0.15, -0.1) is 0 Å². The lowest BCUT2D eigenvalue weighted by molar-refractivity contribution is -0.113. The Bertz CT molecular complexity index is 1070. The highest BCUT2D eigenvalue weighted by Crippen LogP contribution is 2.27. The first kappa shape index (κ1) is 20.9. The summed E-state index contributed by atoms with van der Waals surface area (Å²) in [7, 11) is 1.66. The van der Waals surface area contributed by atoms with Crippen LogP contribution in [0.3, 0.4) is 0 Å². The molecule has 1 amide bonds. The van der Waals surface area contributed by atoms with Gasteiger partial charge < -0.3 is 14.6 Å². The molecule has 0 aliphatic rings. The normalized spacial score (nSPS) is 10.8. The summed E-state index contributed by atoms with van der Waals surface area (Å²) in [5.41, 5.74) is 3.30. The highest BCUT2D eigenvalue weighted by Gasteiger charge is 2.19. The minimum absolute atomic E-state index is 0.160. The Hall–Kier alpha value is -2.82. The van der Waals surface area contributed by atoms with Crippen molar-refractivity contribution in [1.82, 2.24) is 9.55 Å². The average Bonchev–Trinajstić information content (AvgIpc) is 2.96. The minimum Gasteiger partial charge on any atom is -0.385 e. The number of hydrogen-bond donors (Lipinski definition) is 1. The Labute approximate surface area is 174 Å². The van der Waals surface area contributed by atoms with Gasteiger partial charge >= 0.3 is 0 Å². The van der Waals surface area contributed by atoms with E-state index in [4.69, 9.17) is 4.74 Å². The molecule has 0 saturated heterocycles. The number of pyridine rings is 1. The van der Waals surface area contributed by atoms with E-state index in [9.17, 15) is 10.1 Å². The second-order valence-corrected chi connectivity index (χ2v) is 7.72. The molecule has 0 unspecified atom stereocenters. The van der Waals surface area contributed by atoms with E-state index in [0.29, 0.717) is 24.5 Å². The number of fused-ring (bicyclic) bond motifs is 1. The zero-order valence-electron chi connectivity index (χ0n) is 16.9. The van der Waals surface area contributed by atoms with Crippen molar-refractivity contribution in [2.45, 2.75) is 31.8 Å². The van der Waals surface area contributed by atoms with Gasteiger partial charge in [-0.05, 0) is 38.0 Å². The fraction of sp³-hybridized carbons (Fsp3) is 0.318. The number of para-hydroxylation sites is 1. The number of methoxy groups -OCH3 is 1. The summed E-state index contributed by atoms with van der Waals surface area (Å²) in [5.74, 6) is 0.625. The monoisotopic (exact) mass is 408 g/mol. The maximum Gasteiger partial charge on any atom is 0.235 e. The van der Waals surface area contributed by atoms with E-state index in [0.717, 1.165) is 33.6 Å². The number of thioether (sulfide) groups is 1. The molecule has 150 valence electrons. The number of amides is 1. The lowest BCUT2D eigenvalue weighted by atomic mass is 10.2. The smallest absolute Gasteiger partial charge is 0.235 e. The van der Waals surface area contributed by atoms with E-state index in [-0.39, 0.29) is 11.7 Å². The number of hydrogen-bond acceptors (Lipinski definition) is 5. The van der Waals surface area contributed by atoms with Crippen LogP contribution in [0.1, 0.15) is 23.2 Å². The molecular weight excluding hydrogens is 384 g/mol. The van der Waals surface area contributed by atoms with Gasteiger partial charge in [-0.2, -0.15) is 5.26 Å². The zero-order valence-corrected chi connectivity index (χ0v) is 17.7. The first-order valence-corrected chi connectivity index (χ1v) is 10.4. The second kappa shape index (κ2) is 9.59. The second-order valence-electron chi connectivity index (χ2n) is 6.72. The van der Waals surface area contributed by atoms with Gasteiger partial charge in [0.25, 0.3) is 0 Å². The van der Waals surface area contributed by atoms with E-state index in [2.05, 4.69) is 16.4 Å². The van der Waals surface area contributed by atoms with Crippen molar-refractivity contribution in [1.29, 1.82) is 5.26 Å². The number of aromatic nitrogens is 2. The lowest BCUT2D eigenvalue weighted by Gasteiger charge is -2.13. The molecule has 0 atom stereocenters. The molecule has 1 N–H and O–H groups in total. The number of benzene rings is 1. The fourth-order valence-electron chi connectivity index (χ4n) is 3.21. The number of nitrogens with zero attached hydrogens (tertiary/aromatic N) is 3. The van der Waals surface area contributed by atoms with Crippen molar-refractivity contribution >= 4 is 34.4 Å². The number of nitrogens with one attached hydrogen (secondary N) is 1. The Morgan fingerprint density at radius 3 is 2.83 bits per heavy atom. The van der Waals surface area contributed by atoms with Gasteiger partial charge in [-0.1, -0.05) is 36.0 Å². The van der Waals surface area contributed by atoms with Crippen LogP contribution in [0.25, 0.3) is 10.9 Å². The van der Waals surface area contributed by atoms with Crippen LogP contribution in [-0.4, -0.2) is 34.9 Å². The maximum atomic E-state index is 12.6. The first-order valence-electron chi connectivity index (χ1n) is 9.42. The number of rotatable bonds is 8. The molecule has 3 rings (SSSR count). The summed E-state index contributed by atoms with van der Waals surface area (Å²) in [4.78, 5) is 17.2. The van der Waals surface area contributed by atoms with Crippen molar-refractivity contribution in [3.8, 4) is 6.07 Å². The molecule has 0 radical (unpaired) electrons. The molecule has 2 heterocycles. The molecule has 6 nitrogen and oxygen atoms in total. The van der Waals surface area contributed by atoms with Crippen molar-refractivity contribution < 1.29 is 9.53 Å². The third kappa shape index (κ3) is 4.78. The molecule has 29 heavy (non-hydrogen) atoms. The van der Waals surface area contributed by atoms with Gasteiger partial charge in [-0.3, -0.25) is 4.79 Å². The fourth-order valence-corrected chi connectivity index (χ4v) is 3.89. The summed E-state index contributed by atoms with van der Waals surface area (Å²) in [6.45, 7) is 5.17. The average molecular weight is 409 g/mol. The number of carbonyl (C=O) groups excluding carboxylic acids is 1. The summed E-state index contributed by atoms with van der Waals surface area (Å²) in [5, 5.41) is 14.4. The summed E-state index contributed by atoms with van der Waals surface area (Å²) in [6.07, 6.45) is 0.801. The van der Waals surface area contributed by atoms with Crippen LogP contribution in [-0.2, 0) is 16.1 Å². The van der Waals surface area contributed by atoms with Crippen molar-refractivity contribution in [3.63, 3.8) is 0 Å². The minimum atomic E-state index is -0.160. The van der Waals surface area contributed by atoms with Crippen molar-refractivity contribution in [2.24, 2.45) is 0 Å². The van der Waals surface area contributed by atoms with Crippen LogP contribution in [0.2, 0.25) is 0 Å². The predicted molar refractivity (Wildman–Crippen MR) is 116 cm³/mol. The highest BCUT2D eigenvalue weighted by atomic mass is 32.2. The van der Waals surface area contributed by atoms with E-state index in [1.165, 1.54) is 11.8 Å². The van der Waals surface area contributed by atoms with E-state index in [1.807, 2.05) is 54.8 Å². The van der Waals surface area contributed by atoms with Crippen LogP contribution in [0.4, 0.5) is 5.82 Å². The zero-order chi connectivity index (χ0) is 20.8. The molecule has 0 bridgehead atoms. The standard InChI is InChI=1S/C22H24N4O2S/c1-15-16(2)26(11-6-12-28-3)22(18(15)13-23)25-20(27)14-29-21-10-9-17-7-4-5-8-19(17)24-21/h4-5,7-10H,6,11-12,14H2,1-3H3,(H,25,27). The quantitative estimate of drug-likeness (QED) is 0.444. The SMILES string of the molecule is COCCCn1c(C)c(C)c(C#N)c1NC(=O)CSc1ccc2ccccc2n1. The first-order chi connectivity index (χ1) is 14.0. The largest absolute Gasteiger partial charge is 0.385 e. The van der Waals surface area contributed by atoms with Crippen LogP contribution in [0.15, 0.2) is 41.4 Å². The molecule has 0 aliphatic heterocycles. The van der Waals surface area contributed by atoms with Gasteiger partial charge in [0, 0.05) is 31.3 Å². The van der Waals surface area contributed by atoms with Crippen LogP contribution in [0.5, 0.6) is 0 Å². The molecule has 0 fully saturated rings. The Morgan fingerprint density at radius 2 is 2.07 bits per heavy atom. The van der Waals surface area contributed by atoms with E-state index < -0.39 is 0 Å². The van der Waals surface area contributed by atoms with E-state index >= 15 is 0 Å². The molecule has 0 aliphatic carbocycles. The maximum absolute atomic E-state index is 12.6. The van der Waals surface area contributed by atoms with Crippen LogP contribution >= 0.6 is 11.8 Å². The molecule has 2 aromatic heterocycles. The summed E-state index contributed by atoms with van der Waals surface area (Å²) >= 11 is 1.38. The van der Waals surface area contributed by atoms with Gasteiger partial charge in [-0.25, -0.2) is 4.98 Å². The number of anilines is 1. The Balaban J connectivity index is 1.72. The van der Waals surface area contributed by atoms with Crippen LogP contribution < -0.4 is 5.32 Å². The van der Waals surface area contributed by atoms with Gasteiger partial charge in [0.05, 0.1) is 21.9 Å². The van der Waals surface area contributed by atoms with Crippen molar-refractivity contribution in [3.05, 3.63) is 53.2 Å². The molecular formula is C22H24N4O2S. The predicted octanol–water partition coefficient (Wildman–Crippen LogP) is 4.29. The molecule has 0 saturated carbocycles. The van der Waals surface area contributed by atoms with Gasteiger partial charge in [0.2, 0.25) is 5.91 Å². The third-order valence-electron chi connectivity index (χ3n) is 4.85. The van der Waals surface area contributed by atoms with Gasteiger partial charge in [0.1, 0.15) is 11.9 Å². The topological polar surface area (TPSA) is 79.9 Å². The van der Waals surface area contributed by atoms with Gasteiger partial charge in [0.15, 0.2) is 0 Å². The van der Waals surface area contributed by atoms with Crippen LogP contribution in [0, 0.1) is 25.2 Å². The molecule has 7 heteroatoms. The summed E-state index contributed by atoms with van der Waals surface area (Å²) < 4.78 is 7.12. The molecule has 3 aromatic rings. The van der Waals surface area contributed by atoms with Crippen molar-refractivity contribution in [2.75, 3.05) is 24.8 Å². The lowest BCUT2D eigenvalue weighted by Crippen LogP contribution is -2.18. The third-order valence-corrected chi connectivity index (χ3v) is 5.78. The number of carbonyl (C=O) groups is 1. The highest BCUT2D eigenvalue weighted by molar-refractivity contribution is 7.99. The number of ether oxygens (including phenoxy) is 1. The molecule has 1 aromatic carbocycles. The molecule has 0 spiro atoms. The Morgan fingerprint density at radius 1 is 1.28 bits per heavy atom. The van der Waals surface area contributed by atoms with E-state index in [1.54, 1.807) is 7.11 Å². The summed E-state index contributed by atoms with van der Waals surface area (Å²) in [6, 6.07) is 14.0.